The van der Waals surface area contributed by atoms with Crippen molar-refractivity contribution in [3.8, 4) is 11.8 Å². The fraction of sp³-hybridized carbons (Fsp3) is 0.786. The van der Waals surface area contributed by atoms with Crippen LogP contribution in [0.3, 0.4) is 0 Å². The van der Waals surface area contributed by atoms with Crippen LogP contribution in [0.4, 0.5) is 8.78 Å². The standard InChI is InChI=1S/C14H21F2NO/c1-10(2)6-7-12(3,4)17-11(18)14(8-9-14)13(5,15)16/h10H,8-9H2,1-5H3,(H,17,18). The number of halogens is 2. The Morgan fingerprint density at radius 1 is 1.28 bits per heavy atom. The minimum absolute atomic E-state index is 0.184. The fourth-order valence-corrected chi connectivity index (χ4v) is 1.75. The Bertz CT molecular complexity index is 392. The molecule has 0 bridgehead atoms. The van der Waals surface area contributed by atoms with Crippen LogP contribution in [-0.2, 0) is 4.79 Å². The van der Waals surface area contributed by atoms with Gasteiger partial charge >= 0.3 is 0 Å². The van der Waals surface area contributed by atoms with Gasteiger partial charge in [0.1, 0.15) is 5.41 Å². The predicted molar refractivity (Wildman–Crippen MR) is 67.1 cm³/mol. The van der Waals surface area contributed by atoms with Crippen LogP contribution in [0.25, 0.3) is 0 Å². The Labute approximate surface area is 108 Å². The Morgan fingerprint density at radius 2 is 1.78 bits per heavy atom. The van der Waals surface area contributed by atoms with Gasteiger partial charge in [-0.15, -0.1) is 0 Å². The van der Waals surface area contributed by atoms with Gasteiger partial charge in [-0.2, -0.15) is 0 Å². The van der Waals surface area contributed by atoms with Crippen molar-refractivity contribution in [3.63, 3.8) is 0 Å². The second-order valence-electron chi connectivity index (χ2n) is 5.97. The van der Waals surface area contributed by atoms with Crippen LogP contribution in [0.1, 0.15) is 47.5 Å². The highest BCUT2D eigenvalue weighted by Crippen LogP contribution is 2.56. The number of alkyl halides is 2. The summed E-state index contributed by atoms with van der Waals surface area (Å²) in [6.07, 6.45) is 0.492. The summed E-state index contributed by atoms with van der Waals surface area (Å²) in [6, 6.07) is 0. The summed E-state index contributed by atoms with van der Waals surface area (Å²) in [6.45, 7) is 8.14. The Kier molecular flexibility index (Phi) is 3.76. The number of carbonyl (C=O) groups is 1. The molecular formula is C14H21F2NO. The van der Waals surface area contributed by atoms with Crippen molar-refractivity contribution in [2.75, 3.05) is 0 Å². The maximum Gasteiger partial charge on any atom is 0.259 e. The molecule has 1 saturated carbocycles. The van der Waals surface area contributed by atoms with E-state index in [1.165, 1.54) is 0 Å². The fourth-order valence-electron chi connectivity index (χ4n) is 1.75. The smallest absolute Gasteiger partial charge is 0.259 e. The zero-order valence-electron chi connectivity index (χ0n) is 11.7. The van der Waals surface area contributed by atoms with Gasteiger partial charge in [-0.05, 0) is 26.7 Å². The van der Waals surface area contributed by atoms with E-state index in [0.29, 0.717) is 0 Å². The van der Waals surface area contributed by atoms with E-state index < -0.39 is 22.8 Å². The number of amides is 1. The number of hydrogen-bond acceptors (Lipinski definition) is 1. The van der Waals surface area contributed by atoms with Gasteiger partial charge < -0.3 is 5.32 Å². The highest BCUT2D eigenvalue weighted by atomic mass is 19.3. The summed E-state index contributed by atoms with van der Waals surface area (Å²) in [7, 11) is 0. The van der Waals surface area contributed by atoms with Crippen LogP contribution in [0.2, 0.25) is 0 Å². The van der Waals surface area contributed by atoms with E-state index in [4.69, 9.17) is 0 Å². The molecule has 1 rings (SSSR count). The largest absolute Gasteiger partial charge is 0.340 e. The summed E-state index contributed by atoms with van der Waals surface area (Å²) in [4.78, 5) is 12.0. The van der Waals surface area contributed by atoms with Gasteiger partial charge in [0.25, 0.3) is 5.92 Å². The second-order valence-corrected chi connectivity index (χ2v) is 5.97. The van der Waals surface area contributed by atoms with Gasteiger partial charge in [-0.1, -0.05) is 25.7 Å². The van der Waals surface area contributed by atoms with E-state index in [-0.39, 0.29) is 18.8 Å². The minimum Gasteiger partial charge on any atom is -0.340 e. The minimum atomic E-state index is -2.97. The van der Waals surface area contributed by atoms with E-state index in [0.717, 1.165) is 6.92 Å². The Balaban J connectivity index is 2.75. The summed E-state index contributed by atoms with van der Waals surface area (Å²) < 4.78 is 26.8. The van der Waals surface area contributed by atoms with Crippen molar-refractivity contribution in [2.24, 2.45) is 11.3 Å². The Hall–Kier alpha value is -1.11. The molecule has 1 N–H and O–H groups in total. The molecule has 0 spiro atoms. The van der Waals surface area contributed by atoms with Crippen LogP contribution >= 0.6 is 0 Å². The average molecular weight is 257 g/mol. The third kappa shape index (κ3) is 3.22. The summed E-state index contributed by atoms with van der Waals surface area (Å²) in [5.41, 5.74) is -2.29. The van der Waals surface area contributed by atoms with Crippen LogP contribution in [0, 0.1) is 23.2 Å². The van der Waals surface area contributed by atoms with E-state index in [9.17, 15) is 13.6 Å². The summed E-state index contributed by atoms with van der Waals surface area (Å²) in [5, 5.41) is 2.63. The summed E-state index contributed by atoms with van der Waals surface area (Å²) >= 11 is 0. The molecule has 0 aromatic rings. The quantitative estimate of drug-likeness (QED) is 0.774. The predicted octanol–water partition coefficient (Wildman–Crippen LogP) is 2.98. The molecule has 1 aliphatic carbocycles. The monoisotopic (exact) mass is 257 g/mol. The molecule has 0 aromatic carbocycles. The van der Waals surface area contributed by atoms with Crippen molar-refractivity contribution in [2.45, 2.75) is 58.9 Å². The molecule has 0 unspecified atom stereocenters. The van der Waals surface area contributed by atoms with E-state index in [1.54, 1.807) is 13.8 Å². The second kappa shape index (κ2) is 4.53. The van der Waals surface area contributed by atoms with Gasteiger partial charge in [0.05, 0.1) is 5.54 Å². The first-order valence-electron chi connectivity index (χ1n) is 6.23. The van der Waals surface area contributed by atoms with Gasteiger partial charge in [-0.3, -0.25) is 4.79 Å². The van der Waals surface area contributed by atoms with Crippen LogP contribution in [0.15, 0.2) is 0 Å². The third-order valence-corrected chi connectivity index (χ3v) is 3.12. The molecule has 4 heteroatoms. The highest BCUT2D eigenvalue weighted by Gasteiger charge is 2.64. The summed E-state index contributed by atoms with van der Waals surface area (Å²) in [5.74, 6) is 2.49. The third-order valence-electron chi connectivity index (χ3n) is 3.12. The lowest BCUT2D eigenvalue weighted by Crippen LogP contribution is -2.50. The number of nitrogens with one attached hydrogen (secondary N) is 1. The SMILES string of the molecule is CC(C)C#CC(C)(C)NC(=O)C1(C(C)(F)F)CC1. The zero-order valence-corrected chi connectivity index (χ0v) is 11.7. The van der Waals surface area contributed by atoms with E-state index >= 15 is 0 Å². The lowest BCUT2D eigenvalue weighted by Gasteiger charge is -2.27. The van der Waals surface area contributed by atoms with Gasteiger partial charge in [0.2, 0.25) is 5.91 Å². The van der Waals surface area contributed by atoms with Crippen molar-refractivity contribution < 1.29 is 13.6 Å². The lowest BCUT2D eigenvalue weighted by molar-refractivity contribution is -0.142. The molecule has 0 aromatic heterocycles. The molecule has 102 valence electrons. The van der Waals surface area contributed by atoms with Crippen LogP contribution in [-0.4, -0.2) is 17.4 Å². The zero-order chi connectivity index (χ0) is 14.2. The number of carbonyl (C=O) groups excluding carboxylic acids is 1. The first kappa shape index (κ1) is 14.9. The molecule has 1 fully saturated rings. The molecular weight excluding hydrogens is 236 g/mol. The number of rotatable bonds is 3. The molecule has 0 heterocycles. The highest BCUT2D eigenvalue weighted by molar-refractivity contribution is 5.87. The molecule has 0 aliphatic heterocycles. The lowest BCUT2D eigenvalue weighted by atomic mass is 9.95. The van der Waals surface area contributed by atoms with Gasteiger partial charge in [0.15, 0.2) is 0 Å². The molecule has 18 heavy (non-hydrogen) atoms. The molecule has 1 aliphatic rings. The average Bonchev–Trinajstić information content (AvgIpc) is 2.93. The maximum atomic E-state index is 13.4. The maximum absolute atomic E-state index is 13.4. The van der Waals surface area contributed by atoms with Crippen molar-refractivity contribution in [1.29, 1.82) is 0 Å². The number of hydrogen-bond donors (Lipinski definition) is 1. The van der Waals surface area contributed by atoms with Crippen molar-refractivity contribution >= 4 is 5.91 Å². The van der Waals surface area contributed by atoms with E-state index in [1.807, 2.05) is 13.8 Å². The molecule has 0 saturated heterocycles. The Morgan fingerprint density at radius 3 is 2.11 bits per heavy atom. The van der Waals surface area contributed by atoms with Crippen LogP contribution < -0.4 is 5.32 Å². The first-order chi connectivity index (χ1) is 8.00. The van der Waals surface area contributed by atoms with Crippen LogP contribution in [0.5, 0.6) is 0 Å². The molecule has 0 radical (unpaired) electrons. The van der Waals surface area contributed by atoms with Crippen molar-refractivity contribution in [3.05, 3.63) is 0 Å². The van der Waals surface area contributed by atoms with Crippen molar-refractivity contribution in [1.82, 2.24) is 5.32 Å². The van der Waals surface area contributed by atoms with E-state index in [2.05, 4.69) is 17.2 Å². The molecule has 1 amide bonds. The molecule has 2 nitrogen and oxygen atoms in total. The van der Waals surface area contributed by atoms with Gasteiger partial charge in [0, 0.05) is 12.8 Å². The normalized spacial score (nSPS) is 18.0. The molecule has 0 atom stereocenters. The first-order valence-corrected chi connectivity index (χ1v) is 6.23. The van der Waals surface area contributed by atoms with Gasteiger partial charge in [-0.25, -0.2) is 8.78 Å². The topological polar surface area (TPSA) is 29.1 Å².